The Bertz CT molecular complexity index is 974. The van der Waals surface area contributed by atoms with Crippen molar-refractivity contribution < 1.29 is 28.6 Å². The minimum absolute atomic E-state index is 0.00794. The van der Waals surface area contributed by atoms with E-state index in [1.54, 1.807) is 35.1 Å². The van der Waals surface area contributed by atoms with Crippen molar-refractivity contribution in [3.63, 3.8) is 0 Å². The van der Waals surface area contributed by atoms with Crippen LogP contribution in [-0.4, -0.2) is 74.7 Å². The first-order valence-electron chi connectivity index (χ1n) is 11.3. The highest BCUT2D eigenvalue weighted by molar-refractivity contribution is 5.97. The zero-order chi connectivity index (χ0) is 24.3. The monoisotopic (exact) mass is 469 g/mol. The van der Waals surface area contributed by atoms with Crippen LogP contribution in [0.2, 0.25) is 0 Å². The maximum atomic E-state index is 12.9. The molecule has 1 heterocycles. The Morgan fingerprint density at radius 2 is 1.62 bits per heavy atom. The third-order valence-electron chi connectivity index (χ3n) is 5.61. The normalized spacial score (nSPS) is 13.2. The summed E-state index contributed by atoms with van der Waals surface area (Å²) in [6, 6.07) is 14.5. The van der Waals surface area contributed by atoms with E-state index in [2.05, 4.69) is 5.32 Å². The van der Waals surface area contributed by atoms with Gasteiger partial charge in [-0.15, -0.1) is 0 Å². The van der Waals surface area contributed by atoms with Gasteiger partial charge in [-0.05, 0) is 24.1 Å². The van der Waals surface area contributed by atoms with E-state index in [4.69, 9.17) is 14.2 Å². The van der Waals surface area contributed by atoms with Crippen molar-refractivity contribution in [1.29, 1.82) is 0 Å². The Morgan fingerprint density at radius 1 is 0.912 bits per heavy atom. The Balaban J connectivity index is 1.36. The summed E-state index contributed by atoms with van der Waals surface area (Å²) in [5.74, 6) is 0.943. The quantitative estimate of drug-likeness (QED) is 0.567. The molecule has 34 heavy (non-hydrogen) atoms. The Hall–Kier alpha value is -3.75. The summed E-state index contributed by atoms with van der Waals surface area (Å²) in [5, 5.41) is 2.66. The van der Waals surface area contributed by atoms with Crippen LogP contribution < -0.4 is 14.8 Å². The number of benzene rings is 2. The predicted octanol–water partition coefficient (Wildman–Crippen LogP) is 2.69. The number of rotatable bonds is 9. The minimum atomic E-state index is -0.502. The lowest BCUT2D eigenvalue weighted by Crippen LogP contribution is -2.50. The molecule has 1 saturated heterocycles. The van der Waals surface area contributed by atoms with Crippen molar-refractivity contribution in [2.45, 2.75) is 19.4 Å². The summed E-state index contributed by atoms with van der Waals surface area (Å²) in [7, 11) is 3.07. The largest absolute Gasteiger partial charge is 0.497 e. The number of hydrogen-bond donors (Lipinski definition) is 1. The van der Waals surface area contributed by atoms with Crippen molar-refractivity contribution in [2.75, 3.05) is 46.9 Å². The molecule has 3 rings (SSSR count). The number of nitrogens with zero attached hydrogens (tertiary/aromatic N) is 2. The fourth-order valence-corrected chi connectivity index (χ4v) is 3.67. The number of methoxy groups -OCH3 is 2. The molecule has 0 spiro atoms. The van der Waals surface area contributed by atoms with Crippen molar-refractivity contribution in [2.24, 2.45) is 0 Å². The van der Waals surface area contributed by atoms with Gasteiger partial charge in [-0.1, -0.05) is 30.3 Å². The third kappa shape index (κ3) is 6.87. The molecule has 0 unspecified atom stereocenters. The second-order valence-electron chi connectivity index (χ2n) is 7.83. The van der Waals surface area contributed by atoms with E-state index < -0.39 is 6.09 Å². The summed E-state index contributed by atoms with van der Waals surface area (Å²) in [5.41, 5.74) is 1.38. The molecule has 2 aromatic carbocycles. The number of carbonyl (C=O) groups excluding carboxylic acids is 3. The molecule has 1 fully saturated rings. The molecule has 1 N–H and O–H groups in total. The number of ether oxygens (including phenoxy) is 3. The van der Waals surface area contributed by atoms with Crippen LogP contribution in [0.1, 0.15) is 28.8 Å². The van der Waals surface area contributed by atoms with Gasteiger partial charge in [-0.2, -0.15) is 0 Å². The summed E-state index contributed by atoms with van der Waals surface area (Å²) >= 11 is 0. The van der Waals surface area contributed by atoms with Gasteiger partial charge in [0.25, 0.3) is 5.91 Å². The van der Waals surface area contributed by atoms with Gasteiger partial charge < -0.3 is 29.3 Å². The van der Waals surface area contributed by atoms with Crippen LogP contribution in [0.25, 0.3) is 0 Å². The van der Waals surface area contributed by atoms with E-state index in [-0.39, 0.29) is 18.4 Å². The summed E-state index contributed by atoms with van der Waals surface area (Å²) < 4.78 is 15.7. The van der Waals surface area contributed by atoms with E-state index in [0.29, 0.717) is 62.6 Å². The van der Waals surface area contributed by atoms with Crippen LogP contribution in [-0.2, 0) is 16.1 Å². The van der Waals surface area contributed by atoms with Crippen LogP contribution in [0, 0.1) is 0 Å². The fraction of sp³-hybridized carbons (Fsp3) is 0.400. The molecular formula is C25H31N3O6. The second kappa shape index (κ2) is 12.5. The second-order valence-corrected chi connectivity index (χ2v) is 7.83. The lowest BCUT2D eigenvalue weighted by atomic mass is 10.1. The lowest BCUT2D eigenvalue weighted by Gasteiger charge is -2.35. The van der Waals surface area contributed by atoms with Crippen LogP contribution >= 0.6 is 0 Å². The van der Waals surface area contributed by atoms with E-state index in [1.807, 2.05) is 30.3 Å². The summed E-state index contributed by atoms with van der Waals surface area (Å²) in [4.78, 5) is 40.7. The molecule has 0 atom stereocenters. The van der Waals surface area contributed by atoms with Crippen LogP contribution in [0.3, 0.4) is 0 Å². The molecular weight excluding hydrogens is 438 g/mol. The van der Waals surface area contributed by atoms with Gasteiger partial charge in [-0.3, -0.25) is 9.59 Å². The highest BCUT2D eigenvalue weighted by atomic mass is 16.5. The molecule has 0 bridgehead atoms. The summed E-state index contributed by atoms with van der Waals surface area (Å²) in [6.45, 7) is 2.39. The smallest absolute Gasteiger partial charge is 0.407 e. The molecule has 0 aromatic heterocycles. The molecule has 2 aromatic rings. The lowest BCUT2D eigenvalue weighted by molar-refractivity contribution is -0.132. The number of amides is 3. The van der Waals surface area contributed by atoms with Crippen molar-refractivity contribution in [3.05, 3.63) is 59.7 Å². The molecule has 9 nitrogen and oxygen atoms in total. The molecule has 0 saturated carbocycles. The molecule has 0 radical (unpaired) electrons. The van der Waals surface area contributed by atoms with E-state index in [0.717, 1.165) is 5.56 Å². The van der Waals surface area contributed by atoms with Crippen LogP contribution in [0.5, 0.6) is 11.5 Å². The Labute approximate surface area is 199 Å². The van der Waals surface area contributed by atoms with Gasteiger partial charge in [-0.25, -0.2) is 4.79 Å². The molecule has 3 amide bonds. The zero-order valence-electron chi connectivity index (χ0n) is 19.6. The molecule has 1 aliphatic heterocycles. The molecule has 9 heteroatoms. The number of carbonyl (C=O) groups is 3. The topological polar surface area (TPSA) is 97.4 Å². The summed E-state index contributed by atoms with van der Waals surface area (Å²) in [6.07, 6.45) is 0.332. The maximum absolute atomic E-state index is 12.9. The van der Waals surface area contributed by atoms with Crippen LogP contribution in [0.4, 0.5) is 4.79 Å². The Kier molecular flexibility index (Phi) is 9.13. The van der Waals surface area contributed by atoms with Gasteiger partial charge in [0.05, 0.1) is 19.8 Å². The zero-order valence-corrected chi connectivity index (χ0v) is 19.6. The van der Waals surface area contributed by atoms with Gasteiger partial charge in [0.2, 0.25) is 5.91 Å². The van der Waals surface area contributed by atoms with Crippen molar-refractivity contribution in [1.82, 2.24) is 15.1 Å². The highest BCUT2D eigenvalue weighted by Crippen LogP contribution is 2.26. The number of piperazine rings is 1. The van der Waals surface area contributed by atoms with Crippen molar-refractivity contribution >= 4 is 17.9 Å². The predicted molar refractivity (Wildman–Crippen MR) is 126 cm³/mol. The standard InChI is InChI=1S/C25H31N3O6/c1-32-20-10-11-21(22(17-20)33-2)24(30)28-15-13-27(14-16-28)23(29)9-6-12-26-25(31)34-18-19-7-4-3-5-8-19/h3-5,7-8,10-11,17H,6,9,12-16,18H2,1-2H3,(H,26,31). The number of hydrogen-bond acceptors (Lipinski definition) is 6. The van der Waals surface area contributed by atoms with Gasteiger partial charge >= 0.3 is 6.09 Å². The third-order valence-corrected chi connectivity index (χ3v) is 5.61. The first-order chi connectivity index (χ1) is 16.5. The fourth-order valence-electron chi connectivity index (χ4n) is 3.67. The van der Waals surface area contributed by atoms with Gasteiger partial charge in [0.15, 0.2) is 0 Å². The number of nitrogens with one attached hydrogen (secondary N) is 1. The maximum Gasteiger partial charge on any atom is 0.407 e. The minimum Gasteiger partial charge on any atom is -0.497 e. The van der Waals surface area contributed by atoms with Crippen LogP contribution in [0.15, 0.2) is 48.5 Å². The first-order valence-corrected chi connectivity index (χ1v) is 11.3. The van der Waals surface area contributed by atoms with Crippen molar-refractivity contribution in [3.8, 4) is 11.5 Å². The average Bonchev–Trinajstić information content (AvgIpc) is 2.89. The van der Waals surface area contributed by atoms with Gasteiger partial charge in [0.1, 0.15) is 18.1 Å². The first kappa shape index (κ1) is 24.9. The molecule has 0 aliphatic carbocycles. The van der Waals surface area contributed by atoms with E-state index >= 15 is 0 Å². The SMILES string of the molecule is COc1ccc(C(=O)N2CCN(C(=O)CCCNC(=O)OCc3ccccc3)CC2)c(OC)c1. The average molecular weight is 470 g/mol. The Morgan fingerprint density at radius 3 is 2.29 bits per heavy atom. The van der Waals surface area contributed by atoms with Gasteiger partial charge in [0, 0.05) is 45.2 Å². The number of alkyl carbamates (subject to hydrolysis) is 1. The highest BCUT2D eigenvalue weighted by Gasteiger charge is 2.26. The molecule has 182 valence electrons. The molecule has 1 aliphatic rings. The van der Waals surface area contributed by atoms with E-state index in [9.17, 15) is 14.4 Å². The van der Waals surface area contributed by atoms with E-state index in [1.165, 1.54) is 7.11 Å².